The molecule has 0 saturated heterocycles. The fourth-order valence-electron chi connectivity index (χ4n) is 1.85. The molecule has 14 heavy (non-hydrogen) atoms. The first-order chi connectivity index (χ1) is 6.59. The highest BCUT2D eigenvalue weighted by Gasteiger charge is 2.23. The fraction of sp³-hybridized carbons (Fsp3) is 0.400. The van der Waals surface area contributed by atoms with Crippen LogP contribution in [0.4, 0.5) is 13.2 Å². The zero-order chi connectivity index (χ0) is 10.3. The van der Waals surface area contributed by atoms with Crippen LogP contribution in [0.2, 0.25) is 0 Å². The maximum Gasteiger partial charge on any atom is 0.194 e. The Labute approximate surface area is 79.7 Å². The van der Waals surface area contributed by atoms with Crippen molar-refractivity contribution in [3.8, 4) is 0 Å². The first-order valence-corrected chi connectivity index (χ1v) is 4.50. The normalized spacial score (nSPS) is 20.7. The van der Waals surface area contributed by atoms with Gasteiger partial charge in [0.15, 0.2) is 17.5 Å². The third-order valence-corrected chi connectivity index (χ3v) is 2.60. The van der Waals surface area contributed by atoms with Crippen molar-refractivity contribution in [2.45, 2.75) is 25.3 Å². The van der Waals surface area contributed by atoms with Gasteiger partial charge in [0.1, 0.15) is 0 Å². The second-order valence-corrected chi connectivity index (χ2v) is 3.63. The van der Waals surface area contributed by atoms with Crippen LogP contribution in [-0.4, -0.2) is 6.04 Å². The highest BCUT2D eigenvalue weighted by Crippen LogP contribution is 2.26. The Morgan fingerprint density at radius 1 is 1.21 bits per heavy atom. The summed E-state index contributed by atoms with van der Waals surface area (Å²) < 4.78 is 38.9. The van der Waals surface area contributed by atoms with Crippen LogP contribution in [0.15, 0.2) is 6.07 Å². The van der Waals surface area contributed by atoms with E-state index in [1.807, 2.05) is 0 Å². The van der Waals surface area contributed by atoms with E-state index in [0.717, 1.165) is 6.07 Å². The number of hydrogen-bond donors (Lipinski definition) is 1. The van der Waals surface area contributed by atoms with Crippen LogP contribution in [0.25, 0.3) is 0 Å². The van der Waals surface area contributed by atoms with Crippen molar-refractivity contribution in [2.24, 2.45) is 5.73 Å². The molecule has 0 amide bonds. The number of benzene rings is 1. The highest BCUT2D eigenvalue weighted by atomic mass is 19.2. The molecule has 2 rings (SSSR count). The summed E-state index contributed by atoms with van der Waals surface area (Å²) in [4.78, 5) is 0. The van der Waals surface area contributed by atoms with Gasteiger partial charge in [-0.25, -0.2) is 13.2 Å². The molecule has 0 saturated carbocycles. The first-order valence-electron chi connectivity index (χ1n) is 4.50. The molecule has 0 bridgehead atoms. The molecule has 1 aliphatic rings. The van der Waals surface area contributed by atoms with Crippen LogP contribution in [0, 0.1) is 17.5 Å². The largest absolute Gasteiger partial charge is 0.327 e. The molecule has 0 fully saturated rings. The fourth-order valence-corrected chi connectivity index (χ4v) is 1.85. The standard InChI is InChI=1S/C10H10F3N/c11-8-4-5-3-6(14)1-2-7(5)9(12)10(8)13/h4,6H,1-3,14H2/t6-/m0/s1. The van der Waals surface area contributed by atoms with E-state index in [0.29, 0.717) is 24.8 Å². The van der Waals surface area contributed by atoms with Crippen molar-refractivity contribution in [1.82, 2.24) is 0 Å². The van der Waals surface area contributed by atoms with Gasteiger partial charge in [-0.2, -0.15) is 0 Å². The van der Waals surface area contributed by atoms with Gasteiger partial charge in [-0.1, -0.05) is 0 Å². The van der Waals surface area contributed by atoms with Gasteiger partial charge in [0.05, 0.1) is 0 Å². The lowest BCUT2D eigenvalue weighted by atomic mass is 9.88. The third kappa shape index (κ3) is 1.39. The predicted molar refractivity (Wildman–Crippen MR) is 46.3 cm³/mol. The zero-order valence-electron chi connectivity index (χ0n) is 7.49. The second kappa shape index (κ2) is 3.28. The van der Waals surface area contributed by atoms with Gasteiger partial charge in [0, 0.05) is 6.04 Å². The molecule has 1 aliphatic carbocycles. The van der Waals surface area contributed by atoms with E-state index < -0.39 is 17.5 Å². The third-order valence-electron chi connectivity index (χ3n) is 2.60. The summed E-state index contributed by atoms with van der Waals surface area (Å²) in [7, 11) is 0. The molecule has 0 aromatic heterocycles. The van der Waals surface area contributed by atoms with E-state index in [9.17, 15) is 13.2 Å². The van der Waals surface area contributed by atoms with Crippen LogP contribution < -0.4 is 5.73 Å². The summed E-state index contributed by atoms with van der Waals surface area (Å²) in [5.41, 5.74) is 6.43. The maximum atomic E-state index is 13.2. The molecule has 0 heterocycles. The topological polar surface area (TPSA) is 26.0 Å². The molecular weight excluding hydrogens is 191 g/mol. The minimum atomic E-state index is -1.38. The van der Waals surface area contributed by atoms with Crippen LogP contribution in [0.1, 0.15) is 17.5 Å². The molecule has 1 aromatic carbocycles. The van der Waals surface area contributed by atoms with Crippen molar-refractivity contribution in [3.05, 3.63) is 34.6 Å². The average molecular weight is 201 g/mol. The molecule has 1 atom stereocenters. The second-order valence-electron chi connectivity index (χ2n) is 3.63. The quantitative estimate of drug-likeness (QED) is 0.637. The number of nitrogens with two attached hydrogens (primary N) is 1. The van der Waals surface area contributed by atoms with Crippen molar-refractivity contribution in [3.63, 3.8) is 0 Å². The van der Waals surface area contributed by atoms with Gasteiger partial charge < -0.3 is 5.73 Å². The van der Waals surface area contributed by atoms with Crippen LogP contribution >= 0.6 is 0 Å². The SMILES string of the molecule is N[C@H]1CCc2c(cc(F)c(F)c2F)C1. The maximum absolute atomic E-state index is 13.2. The summed E-state index contributed by atoms with van der Waals surface area (Å²) in [5.74, 6) is -3.55. The van der Waals surface area contributed by atoms with E-state index in [4.69, 9.17) is 5.73 Å². The Kier molecular flexibility index (Phi) is 2.23. The summed E-state index contributed by atoms with van der Waals surface area (Å²) in [6.07, 6.45) is 1.43. The summed E-state index contributed by atoms with van der Waals surface area (Å²) >= 11 is 0. The van der Waals surface area contributed by atoms with Crippen molar-refractivity contribution >= 4 is 0 Å². The monoisotopic (exact) mass is 201 g/mol. The lowest BCUT2D eigenvalue weighted by molar-refractivity contribution is 0.428. The summed E-state index contributed by atoms with van der Waals surface area (Å²) in [6.45, 7) is 0. The molecule has 0 radical (unpaired) electrons. The number of hydrogen-bond acceptors (Lipinski definition) is 1. The van der Waals surface area contributed by atoms with Crippen LogP contribution in [0.3, 0.4) is 0 Å². The molecular formula is C10H10F3N. The van der Waals surface area contributed by atoms with Gasteiger partial charge in [0.25, 0.3) is 0 Å². The number of rotatable bonds is 0. The minimum Gasteiger partial charge on any atom is -0.327 e. The highest BCUT2D eigenvalue weighted by molar-refractivity contribution is 5.33. The van der Waals surface area contributed by atoms with Crippen LogP contribution in [0.5, 0.6) is 0 Å². The Morgan fingerprint density at radius 3 is 2.64 bits per heavy atom. The molecule has 1 aromatic rings. The molecule has 76 valence electrons. The van der Waals surface area contributed by atoms with Gasteiger partial charge in [0.2, 0.25) is 0 Å². The Bertz CT molecular complexity index is 376. The molecule has 0 unspecified atom stereocenters. The molecule has 0 aliphatic heterocycles. The van der Waals surface area contributed by atoms with E-state index >= 15 is 0 Å². The zero-order valence-corrected chi connectivity index (χ0v) is 7.49. The number of halogens is 3. The first kappa shape index (κ1) is 9.52. The molecule has 1 nitrogen and oxygen atoms in total. The smallest absolute Gasteiger partial charge is 0.194 e. The summed E-state index contributed by atoms with van der Waals surface area (Å²) in [6, 6.07) is 0.971. The lowest BCUT2D eigenvalue weighted by Gasteiger charge is -2.21. The van der Waals surface area contributed by atoms with Gasteiger partial charge in [-0.3, -0.25) is 0 Å². The Balaban J connectivity index is 2.54. The lowest BCUT2D eigenvalue weighted by Crippen LogP contribution is -2.28. The van der Waals surface area contributed by atoms with E-state index in [1.54, 1.807) is 0 Å². The van der Waals surface area contributed by atoms with E-state index in [-0.39, 0.29) is 11.6 Å². The van der Waals surface area contributed by atoms with Crippen LogP contribution in [-0.2, 0) is 12.8 Å². The average Bonchev–Trinajstić information content (AvgIpc) is 2.14. The summed E-state index contributed by atoms with van der Waals surface area (Å²) in [5, 5.41) is 0. The van der Waals surface area contributed by atoms with E-state index in [1.165, 1.54) is 0 Å². The predicted octanol–water partition coefficient (Wildman–Crippen LogP) is 1.92. The molecule has 2 N–H and O–H groups in total. The number of fused-ring (bicyclic) bond motifs is 1. The van der Waals surface area contributed by atoms with Gasteiger partial charge in [-0.15, -0.1) is 0 Å². The van der Waals surface area contributed by atoms with Gasteiger partial charge >= 0.3 is 0 Å². The Hall–Kier alpha value is -1.03. The Morgan fingerprint density at radius 2 is 1.93 bits per heavy atom. The van der Waals surface area contributed by atoms with Crippen molar-refractivity contribution in [2.75, 3.05) is 0 Å². The van der Waals surface area contributed by atoms with Crippen molar-refractivity contribution in [1.29, 1.82) is 0 Å². The van der Waals surface area contributed by atoms with Gasteiger partial charge in [-0.05, 0) is 36.5 Å². The minimum absolute atomic E-state index is 0.0771. The molecule has 4 heteroatoms. The molecule has 0 spiro atoms. The van der Waals surface area contributed by atoms with Crippen molar-refractivity contribution < 1.29 is 13.2 Å². The van der Waals surface area contributed by atoms with E-state index in [2.05, 4.69) is 0 Å².